The predicted molar refractivity (Wildman–Crippen MR) is 69.1 cm³/mol. The van der Waals surface area contributed by atoms with Gasteiger partial charge in [-0.15, -0.1) is 0 Å². The Bertz CT molecular complexity index is 771. The van der Waals surface area contributed by atoms with Crippen LogP contribution in [0.5, 0.6) is 5.75 Å². The van der Waals surface area contributed by atoms with E-state index in [0.717, 1.165) is 18.2 Å². The van der Waals surface area contributed by atoms with Gasteiger partial charge >= 0.3 is 0 Å². The highest BCUT2D eigenvalue weighted by molar-refractivity contribution is 5.76. The van der Waals surface area contributed by atoms with Gasteiger partial charge in [0, 0.05) is 11.8 Å². The van der Waals surface area contributed by atoms with Gasteiger partial charge in [-0.1, -0.05) is 0 Å². The molecule has 1 heterocycles. The van der Waals surface area contributed by atoms with Crippen LogP contribution in [0.3, 0.4) is 0 Å². The van der Waals surface area contributed by atoms with Crippen LogP contribution >= 0.6 is 0 Å². The van der Waals surface area contributed by atoms with E-state index in [9.17, 15) is 8.78 Å². The van der Waals surface area contributed by atoms with Crippen LogP contribution in [0.15, 0.2) is 40.8 Å². The maximum atomic E-state index is 13.4. The van der Waals surface area contributed by atoms with Gasteiger partial charge in [-0.05, 0) is 30.3 Å². The molecule has 0 aliphatic carbocycles. The minimum absolute atomic E-state index is 0.102. The van der Waals surface area contributed by atoms with E-state index in [4.69, 9.17) is 14.9 Å². The summed E-state index contributed by atoms with van der Waals surface area (Å²) in [7, 11) is 0. The van der Waals surface area contributed by atoms with Gasteiger partial charge in [0.05, 0.1) is 0 Å². The number of nitrogens with zero attached hydrogens (tertiary/aromatic N) is 1. The quantitative estimate of drug-likeness (QED) is 0.746. The van der Waals surface area contributed by atoms with Gasteiger partial charge in [-0.3, -0.25) is 0 Å². The van der Waals surface area contributed by atoms with Crippen LogP contribution in [0.4, 0.5) is 14.5 Å². The summed E-state index contributed by atoms with van der Waals surface area (Å²) in [5.74, 6) is -1.15. The van der Waals surface area contributed by atoms with Crippen LogP contribution in [-0.2, 0) is 6.61 Å². The molecule has 0 saturated carbocycles. The number of nitrogen functional groups attached to an aromatic ring is 1. The highest BCUT2D eigenvalue weighted by Crippen LogP contribution is 2.22. The largest absolute Gasteiger partial charge is 0.481 e. The van der Waals surface area contributed by atoms with E-state index >= 15 is 0 Å². The third-order valence-electron chi connectivity index (χ3n) is 2.70. The fourth-order valence-corrected chi connectivity index (χ4v) is 1.78. The van der Waals surface area contributed by atoms with E-state index in [1.165, 1.54) is 0 Å². The van der Waals surface area contributed by atoms with Crippen LogP contribution in [0.1, 0.15) is 5.89 Å². The van der Waals surface area contributed by atoms with E-state index < -0.39 is 11.6 Å². The summed E-state index contributed by atoms with van der Waals surface area (Å²) in [4.78, 5) is 4.15. The fourth-order valence-electron chi connectivity index (χ4n) is 1.78. The topological polar surface area (TPSA) is 61.3 Å². The molecule has 0 aliphatic rings. The Morgan fingerprint density at radius 3 is 2.85 bits per heavy atom. The summed E-state index contributed by atoms with van der Waals surface area (Å²) in [6.07, 6.45) is 0. The van der Waals surface area contributed by atoms with E-state index in [0.29, 0.717) is 16.8 Å². The van der Waals surface area contributed by atoms with Gasteiger partial charge < -0.3 is 14.9 Å². The molecule has 102 valence electrons. The van der Waals surface area contributed by atoms with Gasteiger partial charge in [-0.25, -0.2) is 13.8 Å². The van der Waals surface area contributed by atoms with Crippen LogP contribution < -0.4 is 10.5 Å². The molecule has 0 bridgehead atoms. The van der Waals surface area contributed by atoms with Gasteiger partial charge in [0.1, 0.15) is 11.3 Å². The first kappa shape index (κ1) is 12.4. The van der Waals surface area contributed by atoms with E-state index in [2.05, 4.69) is 4.98 Å². The number of anilines is 1. The number of aromatic nitrogens is 1. The molecule has 2 aromatic carbocycles. The molecule has 0 atom stereocenters. The minimum atomic E-state index is -0.647. The van der Waals surface area contributed by atoms with Gasteiger partial charge in [0.2, 0.25) is 5.89 Å². The van der Waals surface area contributed by atoms with Crippen molar-refractivity contribution in [2.24, 2.45) is 0 Å². The van der Waals surface area contributed by atoms with Crippen molar-refractivity contribution in [3.63, 3.8) is 0 Å². The Hall–Kier alpha value is -2.63. The number of fused-ring (bicyclic) bond motifs is 1. The van der Waals surface area contributed by atoms with E-state index in [1.54, 1.807) is 18.2 Å². The maximum absolute atomic E-state index is 13.4. The molecule has 4 nitrogen and oxygen atoms in total. The molecule has 3 rings (SSSR count). The lowest BCUT2D eigenvalue weighted by atomic mass is 10.3. The van der Waals surface area contributed by atoms with Crippen LogP contribution in [-0.4, -0.2) is 4.98 Å². The zero-order valence-corrected chi connectivity index (χ0v) is 10.3. The lowest BCUT2D eigenvalue weighted by molar-refractivity contribution is 0.254. The molecule has 0 saturated heterocycles. The van der Waals surface area contributed by atoms with Crippen molar-refractivity contribution < 1.29 is 17.9 Å². The lowest BCUT2D eigenvalue weighted by Gasteiger charge is -2.04. The summed E-state index contributed by atoms with van der Waals surface area (Å²) >= 11 is 0. The fraction of sp³-hybridized carbons (Fsp3) is 0.0714. The number of rotatable bonds is 3. The number of oxazole rings is 1. The molecule has 3 aromatic rings. The predicted octanol–water partition coefficient (Wildman–Crippen LogP) is 3.27. The summed E-state index contributed by atoms with van der Waals surface area (Å²) in [5, 5.41) is 0. The number of benzene rings is 2. The van der Waals surface area contributed by atoms with E-state index in [1.807, 2.05) is 0 Å². The third-order valence-corrected chi connectivity index (χ3v) is 2.70. The summed E-state index contributed by atoms with van der Waals surface area (Å²) in [6, 6.07) is 8.01. The molecular formula is C14H10F2N2O2. The first-order valence-electron chi connectivity index (χ1n) is 5.84. The lowest BCUT2D eigenvalue weighted by Crippen LogP contribution is -1.98. The highest BCUT2D eigenvalue weighted by Gasteiger charge is 2.09. The number of halogens is 2. The molecule has 0 aliphatic heterocycles. The standard InChI is InChI=1S/C14H10F2N2O2/c15-8-1-3-10(16)13(5-8)19-7-14-18-11-6-9(17)2-4-12(11)20-14/h1-6H,7,17H2. The maximum Gasteiger partial charge on any atom is 0.233 e. The molecule has 0 amide bonds. The summed E-state index contributed by atoms with van der Waals surface area (Å²) < 4.78 is 36.9. The van der Waals surface area contributed by atoms with Gasteiger partial charge in [0.25, 0.3) is 0 Å². The zero-order valence-electron chi connectivity index (χ0n) is 10.3. The number of hydrogen-bond acceptors (Lipinski definition) is 4. The van der Waals surface area contributed by atoms with Crippen molar-refractivity contribution in [2.75, 3.05) is 5.73 Å². The number of hydrogen-bond donors (Lipinski definition) is 1. The molecule has 0 spiro atoms. The smallest absolute Gasteiger partial charge is 0.233 e. The second-order valence-electron chi connectivity index (χ2n) is 4.20. The average molecular weight is 276 g/mol. The van der Waals surface area contributed by atoms with Crippen molar-refractivity contribution in [1.29, 1.82) is 0 Å². The van der Waals surface area contributed by atoms with Crippen LogP contribution in [0, 0.1) is 11.6 Å². The Morgan fingerprint density at radius 1 is 1.15 bits per heavy atom. The Morgan fingerprint density at radius 2 is 2.00 bits per heavy atom. The van der Waals surface area contributed by atoms with Gasteiger partial charge in [0.15, 0.2) is 23.8 Å². The Balaban J connectivity index is 1.81. The molecular weight excluding hydrogens is 266 g/mol. The highest BCUT2D eigenvalue weighted by atomic mass is 19.1. The molecule has 0 radical (unpaired) electrons. The van der Waals surface area contributed by atoms with Crippen molar-refractivity contribution in [2.45, 2.75) is 6.61 Å². The zero-order chi connectivity index (χ0) is 14.1. The molecule has 2 N–H and O–H groups in total. The van der Waals surface area contributed by atoms with Crippen LogP contribution in [0.25, 0.3) is 11.1 Å². The van der Waals surface area contributed by atoms with Crippen molar-refractivity contribution in [3.8, 4) is 5.75 Å². The van der Waals surface area contributed by atoms with Crippen molar-refractivity contribution in [1.82, 2.24) is 4.98 Å². The Kier molecular flexibility index (Phi) is 2.98. The Labute approximate surface area is 112 Å². The van der Waals surface area contributed by atoms with Crippen LogP contribution in [0.2, 0.25) is 0 Å². The molecule has 20 heavy (non-hydrogen) atoms. The number of ether oxygens (including phenoxy) is 1. The normalized spacial score (nSPS) is 10.9. The van der Waals surface area contributed by atoms with E-state index in [-0.39, 0.29) is 18.2 Å². The second kappa shape index (κ2) is 4.80. The molecule has 0 fully saturated rings. The summed E-state index contributed by atoms with van der Waals surface area (Å²) in [6.45, 7) is -0.102. The second-order valence-corrected chi connectivity index (χ2v) is 4.20. The number of nitrogens with two attached hydrogens (primary N) is 1. The minimum Gasteiger partial charge on any atom is -0.481 e. The van der Waals surface area contributed by atoms with Crippen molar-refractivity contribution >= 4 is 16.8 Å². The first-order chi connectivity index (χ1) is 9.61. The van der Waals surface area contributed by atoms with Gasteiger partial charge in [-0.2, -0.15) is 0 Å². The average Bonchev–Trinajstić information content (AvgIpc) is 2.81. The third kappa shape index (κ3) is 2.40. The first-order valence-corrected chi connectivity index (χ1v) is 5.84. The molecule has 0 unspecified atom stereocenters. The SMILES string of the molecule is Nc1ccc2oc(COc3cc(F)ccc3F)nc2c1. The monoisotopic (exact) mass is 276 g/mol. The molecule has 6 heteroatoms. The van der Waals surface area contributed by atoms with Crippen molar-refractivity contribution in [3.05, 3.63) is 53.9 Å². The summed E-state index contributed by atoms with van der Waals surface area (Å²) in [5.41, 5.74) is 7.33. The molecule has 1 aromatic heterocycles.